The number of nitriles is 1. The molecule has 3 unspecified atom stereocenters. The summed E-state index contributed by atoms with van der Waals surface area (Å²) >= 11 is 0. The van der Waals surface area contributed by atoms with Crippen molar-refractivity contribution in [3.63, 3.8) is 0 Å². The first-order valence-electron chi connectivity index (χ1n) is 6.42. The molecule has 1 aliphatic rings. The highest BCUT2D eigenvalue weighted by molar-refractivity contribution is 5.81. The lowest BCUT2D eigenvalue weighted by atomic mass is 9.82. The van der Waals surface area contributed by atoms with Crippen LogP contribution in [0.2, 0.25) is 0 Å². The molecule has 0 aromatic heterocycles. The largest absolute Gasteiger partial charge is 0.352 e. The molecule has 1 aliphatic carbocycles. The Morgan fingerprint density at radius 2 is 2.12 bits per heavy atom. The molecule has 3 nitrogen and oxygen atoms in total. The lowest BCUT2D eigenvalue weighted by Crippen LogP contribution is -2.44. The van der Waals surface area contributed by atoms with Gasteiger partial charge in [-0.1, -0.05) is 33.1 Å². The third-order valence-corrected chi connectivity index (χ3v) is 3.64. The second kappa shape index (κ2) is 6.52. The van der Waals surface area contributed by atoms with E-state index >= 15 is 0 Å². The Bertz CT molecular complexity index is 270. The molecule has 1 saturated carbocycles. The Labute approximate surface area is 98.2 Å². The Hall–Kier alpha value is -1.04. The highest BCUT2D eigenvalue weighted by Gasteiger charge is 2.27. The number of carbonyl (C=O) groups excluding carboxylic acids is 1. The van der Waals surface area contributed by atoms with E-state index in [1.165, 1.54) is 19.3 Å². The SMILES string of the molecule is CCC(C#N)C(=O)NC1CCCCC1CC. The molecule has 16 heavy (non-hydrogen) atoms. The van der Waals surface area contributed by atoms with Crippen LogP contribution in [0.1, 0.15) is 52.4 Å². The van der Waals surface area contributed by atoms with Crippen LogP contribution in [0.3, 0.4) is 0 Å². The zero-order valence-corrected chi connectivity index (χ0v) is 10.3. The second-order valence-corrected chi connectivity index (χ2v) is 4.66. The predicted molar refractivity (Wildman–Crippen MR) is 63.6 cm³/mol. The number of hydrogen-bond donors (Lipinski definition) is 1. The summed E-state index contributed by atoms with van der Waals surface area (Å²) in [5, 5.41) is 11.9. The first-order chi connectivity index (χ1) is 7.72. The van der Waals surface area contributed by atoms with E-state index in [4.69, 9.17) is 5.26 Å². The average molecular weight is 222 g/mol. The summed E-state index contributed by atoms with van der Waals surface area (Å²) in [6, 6.07) is 2.36. The van der Waals surface area contributed by atoms with Gasteiger partial charge in [-0.05, 0) is 25.2 Å². The van der Waals surface area contributed by atoms with Crippen LogP contribution in [0.5, 0.6) is 0 Å². The minimum absolute atomic E-state index is 0.0737. The maximum Gasteiger partial charge on any atom is 0.237 e. The number of hydrogen-bond acceptors (Lipinski definition) is 2. The van der Waals surface area contributed by atoms with E-state index in [1.807, 2.05) is 6.92 Å². The van der Waals surface area contributed by atoms with E-state index in [0.717, 1.165) is 12.8 Å². The smallest absolute Gasteiger partial charge is 0.237 e. The van der Waals surface area contributed by atoms with Crippen molar-refractivity contribution in [1.29, 1.82) is 5.26 Å². The van der Waals surface area contributed by atoms with Crippen molar-refractivity contribution in [2.75, 3.05) is 0 Å². The van der Waals surface area contributed by atoms with Crippen LogP contribution < -0.4 is 5.32 Å². The predicted octanol–water partition coefficient (Wildman–Crippen LogP) is 2.62. The molecule has 90 valence electrons. The molecule has 3 atom stereocenters. The van der Waals surface area contributed by atoms with Crippen LogP contribution >= 0.6 is 0 Å². The van der Waals surface area contributed by atoms with Gasteiger partial charge in [-0.2, -0.15) is 5.26 Å². The fourth-order valence-electron chi connectivity index (χ4n) is 2.50. The van der Waals surface area contributed by atoms with Gasteiger partial charge in [-0.25, -0.2) is 0 Å². The van der Waals surface area contributed by atoms with Crippen LogP contribution in [0.15, 0.2) is 0 Å². The molecule has 0 aromatic carbocycles. The molecule has 0 spiro atoms. The Kier molecular flexibility index (Phi) is 5.31. The van der Waals surface area contributed by atoms with Gasteiger partial charge in [-0.3, -0.25) is 4.79 Å². The van der Waals surface area contributed by atoms with Crippen LogP contribution in [-0.4, -0.2) is 11.9 Å². The van der Waals surface area contributed by atoms with Crippen molar-refractivity contribution in [1.82, 2.24) is 5.32 Å². The molecule has 0 aliphatic heterocycles. The van der Waals surface area contributed by atoms with Gasteiger partial charge in [0.25, 0.3) is 0 Å². The fourth-order valence-corrected chi connectivity index (χ4v) is 2.50. The Morgan fingerprint density at radius 1 is 1.44 bits per heavy atom. The molecular weight excluding hydrogens is 200 g/mol. The number of nitrogens with one attached hydrogen (secondary N) is 1. The molecule has 3 heteroatoms. The van der Waals surface area contributed by atoms with Crippen LogP contribution in [-0.2, 0) is 4.79 Å². The molecule has 0 heterocycles. The lowest BCUT2D eigenvalue weighted by molar-refractivity contribution is -0.124. The van der Waals surface area contributed by atoms with E-state index in [1.54, 1.807) is 0 Å². The molecule has 0 radical (unpaired) electrons. The molecule has 1 fully saturated rings. The zero-order chi connectivity index (χ0) is 12.0. The maximum absolute atomic E-state index is 11.8. The number of rotatable bonds is 4. The fraction of sp³-hybridized carbons (Fsp3) is 0.846. The summed E-state index contributed by atoms with van der Waals surface area (Å²) in [5.74, 6) is 0.0590. The molecule has 0 bridgehead atoms. The van der Waals surface area contributed by atoms with E-state index in [0.29, 0.717) is 18.4 Å². The molecule has 1 amide bonds. The van der Waals surface area contributed by atoms with Crippen molar-refractivity contribution in [2.24, 2.45) is 11.8 Å². The number of nitrogens with zero attached hydrogens (tertiary/aromatic N) is 1. The summed E-state index contributed by atoms with van der Waals surface area (Å²) in [5.41, 5.74) is 0. The average Bonchev–Trinajstić information content (AvgIpc) is 2.31. The van der Waals surface area contributed by atoms with Gasteiger partial charge in [0.15, 0.2) is 0 Å². The third-order valence-electron chi connectivity index (χ3n) is 3.64. The minimum atomic E-state index is -0.473. The molecule has 1 rings (SSSR count). The van der Waals surface area contributed by atoms with Gasteiger partial charge < -0.3 is 5.32 Å². The topological polar surface area (TPSA) is 52.9 Å². The first kappa shape index (κ1) is 13.0. The number of amides is 1. The van der Waals surface area contributed by atoms with Crippen molar-refractivity contribution < 1.29 is 4.79 Å². The summed E-state index contributed by atoms with van der Waals surface area (Å²) in [4.78, 5) is 11.8. The highest BCUT2D eigenvalue weighted by atomic mass is 16.1. The van der Waals surface area contributed by atoms with Gasteiger partial charge in [0, 0.05) is 6.04 Å². The van der Waals surface area contributed by atoms with Crippen LogP contribution in [0, 0.1) is 23.2 Å². The van der Waals surface area contributed by atoms with Gasteiger partial charge in [0.05, 0.1) is 6.07 Å². The minimum Gasteiger partial charge on any atom is -0.352 e. The van der Waals surface area contributed by atoms with Crippen molar-refractivity contribution in [2.45, 2.75) is 58.4 Å². The summed E-state index contributed by atoms with van der Waals surface area (Å²) in [6.45, 7) is 4.06. The van der Waals surface area contributed by atoms with Gasteiger partial charge in [0.2, 0.25) is 5.91 Å². The van der Waals surface area contributed by atoms with Gasteiger partial charge in [-0.15, -0.1) is 0 Å². The van der Waals surface area contributed by atoms with Crippen molar-refractivity contribution in [3.05, 3.63) is 0 Å². The standard InChI is InChI=1S/C13H22N2O/c1-3-10-7-5-6-8-12(10)15-13(16)11(4-2)9-14/h10-12H,3-8H2,1-2H3,(H,15,16). The Morgan fingerprint density at radius 3 is 2.69 bits per heavy atom. The second-order valence-electron chi connectivity index (χ2n) is 4.66. The van der Waals surface area contributed by atoms with E-state index in [-0.39, 0.29) is 5.91 Å². The van der Waals surface area contributed by atoms with E-state index in [2.05, 4.69) is 18.3 Å². The summed E-state index contributed by atoms with van der Waals surface area (Å²) in [7, 11) is 0. The van der Waals surface area contributed by atoms with E-state index < -0.39 is 5.92 Å². The Balaban J connectivity index is 2.51. The molecular formula is C13H22N2O. The lowest BCUT2D eigenvalue weighted by Gasteiger charge is -2.32. The third kappa shape index (κ3) is 3.23. The monoisotopic (exact) mass is 222 g/mol. The normalized spacial score (nSPS) is 26.8. The summed E-state index contributed by atoms with van der Waals surface area (Å²) < 4.78 is 0. The zero-order valence-electron chi connectivity index (χ0n) is 10.3. The molecule has 0 saturated heterocycles. The quantitative estimate of drug-likeness (QED) is 0.795. The van der Waals surface area contributed by atoms with Gasteiger partial charge >= 0.3 is 0 Å². The summed E-state index contributed by atoms with van der Waals surface area (Å²) in [6.07, 6.45) is 6.49. The van der Waals surface area contributed by atoms with Gasteiger partial charge in [0.1, 0.15) is 5.92 Å². The maximum atomic E-state index is 11.8. The molecule has 1 N–H and O–H groups in total. The van der Waals surface area contributed by atoms with Crippen molar-refractivity contribution in [3.8, 4) is 6.07 Å². The molecule has 0 aromatic rings. The van der Waals surface area contributed by atoms with Crippen molar-refractivity contribution >= 4 is 5.91 Å². The number of carbonyl (C=O) groups is 1. The first-order valence-corrected chi connectivity index (χ1v) is 6.42. The van der Waals surface area contributed by atoms with E-state index in [9.17, 15) is 4.79 Å². The highest BCUT2D eigenvalue weighted by Crippen LogP contribution is 2.27. The van der Waals surface area contributed by atoms with Crippen LogP contribution in [0.4, 0.5) is 0 Å². The van der Waals surface area contributed by atoms with Crippen LogP contribution in [0.25, 0.3) is 0 Å².